The molecule has 9 heteroatoms. The molecule has 9 nitrogen and oxygen atoms in total. The summed E-state index contributed by atoms with van der Waals surface area (Å²) in [6.45, 7) is 2.84. The minimum absolute atomic E-state index is 0.0293. The number of methoxy groups -OCH3 is 1. The molecule has 0 radical (unpaired) electrons. The fraction of sp³-hybridized carbons (Fsp3) is 0.619. The van der Waals surface area contributed by atoms with Crippen molar-refractivity contribution in [3.63, 3.8) is 0 Å². The number of hydrazone groups is 1. The summed E-state index contributed by atoms with van der Waals surface area (Å²) in [6.07, 6.45) is 6.07. The van der Waals surface area contributed by atoms with Crippen molar-refractivity contribution >= 4 is 17.8 Å². The van der Waals surface area contributed by atoms with Crippen molar-refractivity contribution in [3.8, 4) is 5.88 Å². The number of amides is 2. The number of rotatable bonds is 5. The molecule has 1 aliphatic carbocycles. The Morgan fingerprint density at radius 3 is 2.83 bits per heavy atom. The molecule has 1 saturated heterocycles. The number of nitrogens with one attached hydrogen (secondary N) is 2. The molecule has 4 atom stereocenters. The van der Waals surface area contributed by atoms with Crippen LogP contribution in [-0.4, -0.2) is 59.6 Å². The maximum absolute atomic E-state index is 12.3. The van der Waals surface area contributed by atoms with E-state index in [1.54, 1.807) is 24.3 Å². The van der Waals surface area contributed by atoms with E-state index in [-0.39, 0.29) is 30.6 Å². The number of amidine groups is 1. The van der Waals surface area contributed by atoms with Gasteiger partial charge in [-0.25, -0.2) is 9.78 Å². The van der Waals surface area contributed by atoms with Crippen molar-refractivity contribution in [3.05, 3.63) is 23.9 Å². The highest BCUT2D eigenvalue weighted by Gasteiger charge is 2.37. The number of ether oxygens (including phenoxy) is 2. The summed E-state index contributed by atoms with van der Waals surface area (Å²) >= 11 is 0. The molecule has 1 aromatic rings. The molecule has 0 bridgehead atoms. The highest BCUT2D eigenvalue weighted by atomic mass is 16.6. The van der Waals surface area contributed by atoms with Gasteiger partial charge in [0.25, 0.3) is 0 Å². The fourth-order valence-electron chi connectivity index (χ4n) is 4.28. The molecule has 1 aromatic heterocycles. The Bertz CT molecular complexity index is 812. The van der Waals surface area contributed by atoms with Crippen LogP contribution in [0, 0.1) is 5.92 Å². The molecular formula is C21H29N5O4. The van der Waals surface area contributed by atoms with E-state index in [0.717, 1.165) is 37.8 Å². The zero-order valence-corrected chi connectivity index (χ0v) is 17.5. The smallest absolute Gasteiger partial charge is 0.410 e. The molecule has 3 heterocycles. The second-order valence-electron chi connectivity index (χ2n) is 8.34. The molecule has 2 N–H and O–H groups in total. The van der Waals surface area contributed by atoms with Gasteiger partial charge in [-0.15, -0.1) is 0 Å². The Morgan fingerprint density at radius 1 is 1.30 bits per heavy atom. The predicted octanol–water partition coefficient (Wildman–Crippen LogP) is 1.82. The topological polar surface area (TPSA) is 105 Å². The lowest BCUT2D eigenvalue weighted by Crippen LogP contribution is -2.50. The maximum Gasteiger partial charge on any atom is 0.410 e. The van der Waals surface area contributed by atoms with Crippen LogP contribution in [0.25, 0.3) is 0 Å². The highest BCUT2D eigenvalue weighted by molar-refractivity contribution is 5.99. The molecule has 4 rings (SSSR count). The van der Waals surface area contributed by atoms with Crippen LogP contribution in [0.4, 0.5) is 4.79 Å². The van der Waals surface area contributed by atoms with Gasteiger partial charge in [0.2, 0.25) is 11.8 Å². The van der Waals surface area contributed by atoms with Crippen molar-refractivity contribution < 1.29 is 19.1 Å². The normalized spacial score (nSPS) is 27.7. The molecule has 0 spiro atoms. The monoisotopic (exact) mass is 415 g/mol. The van der Waals surface area contributed by atoms with Crippen LogP contribution in [0.5, 0.6) is 5.88 Å². The Morgan fingerprint density at radius 2 is 2.17 bits per heavy atom. The lowest BCUT2D eigenvalue weighted by atomic mass is 9.96. The first-order valence-corrected chi connectivity index (χ1v) is 10.6. The van der Waals surface area contributed by atoms with Crippen molar-refractivity contribution in [1.82, 2.24) is 20.6 Å². The van der Waals surface area contributed by atoms with E-state index in [9.17, 15) is 9.59 Å². The quantitative estimate of drug-likeness (QED) is 0.760. The van der Waals surface area contributed by atoms with Gasteiger partial charge in [0.15, 0.2) is 0 Å². The predicted molar refractivity (Wildman–Crippen MR) is 110 cm³/mol. The van der Waals surface area contributed by atoms with E-state index < -0.39 is 0 Å². The van der Waals surface area contributed by atoms with Crippen LogP contribution in [0.1, 0.15) is 44.6 Å². The van der Waals surface area contributed by atoms with Gasteiger partial charge in [0.1, 0.15) is 11.9 Å². The summed E-state index contributed by atoms with van der Waals surface area (Å²) in [5.41, 5.74) is 3.97. The van der Waals surface area contributed by atoms with Crippen molar-refractivity contribution in [2.24, 2.45) is 11.0 Å². The van der Waals surface area contributed by atoms with Crippen molar-refractivity contribution in [1.29, 1.82) is 0 Å². The third kappa shape index (κ3) is 4.66. The molecular weight excluding hydrogens is 386 g/mol. The van der Waals surface area contributed by atoms with Gasteiger partial charge in [-0.05, 0) is 44.1 Å². The molecule has 2 aliphatic heterocycles. The first-order chi connectivity index (χ1) is 14.5. The Labute approximate surface area is 176 Å². The second kappa shape index (κ2) is 8.89. The zero-order valence-electron chi connectivity index (χ0n) is 17.5. The molecule has 3 aliphatic rings. The average molecular weight is 415 g/mol. The Balaban J connectivity index is 1.19. The summed E-state index contributed by atoms with van der Waals surface area (Å²) < 4.78 is 10.7. The van der Waals surface area contributed by atoms with Gasteiger partial charge < -0.3 is 25.1 Å². The van der Waals surface area contributed by atoms with E-state index in [0.29, 0.717) is 30.1 Å². The van der Waals surface area contributed by atoms with Gasteiger partial charge in [-0.3, -0.25) is 4.79 Å². The van der Waals surface area contributed by atoms with Gasteiger partial charge in [-0.2, -0.15) is 5.10 Å². The number of hydrogen-bond acceptors (Lipinski definition) is 7. The number of nitrogens with zero attached hydrogens (tertiary/aromatic N) is 3. The molecule has 30 heavy (non-hydrogen) atoms. The van der Waals surface area contributed by atoms with Crippen LogP contribution >= 0.6 is 0 Å². The Hall–Kier alpha value is -2.84. The van der Waals surface area contributed by atoms with E-state index in [2.05, 4.69) is 20.8 Å². The number of carbonyl (C=O) groups excluding carboxylic acids is 2. The molecule has 2 fully saturated rings. The van der Waals surface area contributed by atoms with Crippen LogP contribution in [0.2, 0.25) is 0 Å². The van der Waals surface area contributed by atoms with E-state index in [1.807, 2.05) is 13.0 Å². The van der Waals surface area contributed by atoms with Gasteiger partial charge in [-0.1, -0.05) is 6.07 Å². The lowest BCUT2D eigenvalue weighted by Gasteiger charge is -2.38. The zero-order chi connectivity index (χ0) is 21.1. The van der Waals surface area contributed by atoms with Crippen LogP contribution < -0.4 is 15.5 Å². The first-order valence-electron chi connectivity index (χ1n) is 10.6. The standard InChI is InChI=1S/C21H29N5O4/c1-13-7-8-26(13)21(28)30-16-5-4-15(10-16)17-11-18(25-24-17)23-19(27)9-14-3-6-20(29-2)22-12-14/h3,6,12-13,15-17,24H,4-5,7-11H2,1-2H3,(H,23,25,27)/t13?,15-,16+,17?/m0/s1. The molecule has 1 saturated carbocycles. The van der Waals surface area contributed by atoms with E-state index in [4.69, 9.17) is 9.47 Å². The van der Waals surface area contributed by atoms with Crippen LogP contribution in [0.15, 0.2) is 23.4 Å². The number of pyridine rings is 1. The number of carbonyl (C=O) groups is 2. The van der Waals surface area contributed by atoms with E-state index in [1.165, 1.54) is 0 Å². The van der Waals surface area contributed by atoms with Gasteiger partial charge >= 0.3 is 6.09 Å². The largest absolute Gasteiger partial charge is 0.481 e. The van der Waals surface area contributed by atoms with E-state index >= 15 is 0 Å². The summed E-state index contributed by atoms with van der Waals surface area (Å²) in [5.74, 6) is 1.43. The lowest BCUT2D eigenvalue weighted by molar-refractivity contribution is -0.119. The SMILES string of the molecule is COc1ccc(CC(=O)NC2=NNC([C@H]3CC[C@@H](OC(=O)N4CCC4C)C3)C2)cn1. The summed E-state index contributed by atoms with van der Waals surface area (Å²) in [6, 6.07) is 4.01. The fourth-order valence-corrected chi connectivity index (χ4v) is 4.28. The number of aromatic nitrogens is 1. The van der Waals surface area contributed by atoms with Crippen molar-refractivity contribution in [2.45, 2.75) is 63.6 Å². The van der Waals surface area contributed by atoms with Crippen LogP contribution in [-0.2, 0) is 16.0 Å². The third-order valence-electron chi connectivity index (χ3n) is 6.25. The van der Waals surface area contributed by atoms with Crippen LogP contribution in [0.3, 0.4) is 0 Å². The minimum Gasteiger partial charge on any atom is -0.481 e. The van der Waals surface area contributed by atoms with Gasteiger partial charge in [0, 0.05) is 31.3 Å². The molecule has 2 amide bonds. The number of likely N-dealkylation sites (tertiary alicyclic amines) is 1. The molecule has 2 unspecified atom stereocenters. The second-order valence-corrected chi connectivity index (χ2v) is 8.34. The molecule has 162 valence electrons. The summed E-state index contributed by atoms with van der Waals surface area (Å²) in [5, 5.41) is 7.19. The minimum atomic E-state index is -0.184. The number of hydrogen-bond donors (Lipinski definition) is 2. The summed E-state index contributed by atoms with van der Waals surface area (Å²) in [4.78, 5) is 30.4. The Kier molecular flexibility index (Phi) is 6.06. The first kappa shape index (κ1) is 20.4. The van der Waals surface area contributed by atoms with Gasteiger partial charge in [0.05, 0.1) is 19.6 Å². The third-order valence-corrected chi connectivity index (χ3v) is 6.25. The van der Waals surface area contributed by atoms with Crippen molar-refractivity contribution in [2.75, 3.05) is 13.7 Å². The maximum atomic E-state index is 12.3. The average Bonchev–Trinajstić information content (AvgIpc) is 3.36. The molecule has 0 aromatic carbocycles. The highest BCUT2D eigenvalue weighted by Crippen LogP contribution is 2.33. The summed E-state index contributed by atoms with van der Waals surface area (Å²) in [7, 11) is 1.56.